The maximum Gasteiger partial charge on any atom is 0.123 e. The van der Waals surface area contributed by atoms with Crippen LogP contribution in [0.5, 0.6) is 5.75 Å². The summed E-state index contributed by atoms with van der Waals surface area (Å²) < 4.78 is 7.75. The predicted molar refractivity (Wildman–Crippen MR) is 111 cm³/mol. The quantitative estimate of drug-likeness (QED) is 0.634. The Hall–Kier alpha value is -2.63. The summed E-state index contributed by atoms with van der Waals surface area (Å²) in [6, 6.07) is 18.9. The first kappa shape index (κ1) is 18.7. The summed E-state index contributed by atoms with van der Waals surface area (Å²) in [6.07, 6.45) is 3.95. The number of methoxy groups -OCH3 is 1. The lowest BCUT2D eigenvalue weighted by molar-refractivity contribution is 0.119. The second-order valence-corrected chi connectivity index (χ2v) is 7.36. The number of rotatable bonds is 7. The number of benzene rings is 2. The lowest BCUT2D eigenvalue weighted by atomic mass is 10.1. The molecule has 1 aliphatic heterocycles. The van der Waals surface area contributed by atoms with E-state index in [9.17, 15) is 0 Å². The van der Waals surface area contributed by atoms with Gasteiger partial charge in [-0.25, -0.2) is 4.98 Å². The van der Waals surface area contributed by atoms with Crippen LogP contribution in [0.1, 0.15) is 16.8 Å². The molecule has 1 aromatic heterocycles. The van der Waals surface area contributed by atoms with Crippen molar-refractivity contribution in [2.75, 3.05) is 33.3 Å². The number of aromatic nitrogens is 2. The molecule has 0 N–H and O–H groups in total. The Labute approximate surface area is 167 Å². The Morgan fingerprint density at radius 2 is 1.50 bits per heavy atom. The molecule has 146 valence electrons. The zero-order chi connectivity index (χ0) is 19.2. The summed E-state index contributed by atoms with van der Waals surface area (Å²) in [4.78, 5) is 9.42. The monoisotopic (exact) mass is 376 g/mol. The van der Waals surface area contributed by atoms with Gasteiger partial charge < -0.3 is 9.30 Å². The maximum atomic E-state index is 5.49. The van der Waals surface area contributed by atoms with Crippen LogP contribution in [0.15, 0.2) is 67.1 Å². The summed E-state index contributed by atoms with van der Waals surface area (Å²) in [5.41, 5.74) is 3.85. The van der Waals surface area contributed by atoms with Crippen LogP contribution in [0.25, 0.3) is 0 Å². The molecule has 4 rings (SSSR count). The highest BCUT2D eigenvalue weighted by Crippen LogP contribution is 2.20. The smallest absolute Gasteiger partial charge is 0.123 e. The van der Waals surface area contributed by atoms with E-state index in [2.05, 4.69) is 61.8 Å². The van der Waals surface area contributed by atoms with Gasteiger partial charge in [-0.05, 0) is 11.6 Å². The SMILES string of the molecule is COc1ccccc1CN1CCN(Cc2cncn2Cc2ccccc2)CC1. The molecule has 0 saturated carbocycles. The molecule has 0 unspecified atom stereocenters. The molecule has 28 heavy (non-hydrogen) atoms. The fraction of sp³-hybridized carbons (Fsp3) is 0.348. The third-order valence-corrected chi connectivity index (χ3v) is 5.43. The first-order chi connectivity index (χ1) is 13.8. The molecular weight excluding hydrogens is 348 g/mol. The van der Waals surface area contributed by atoms with Crippen LogP contribution in [0.4, 0.5) is 0 Å². The molecule has 5 heteroatoms. The van der Waals surface area contributed by atoms with E-state index < -0.39 is 0 Å². The largest absolute Gasteiger partial charge is 0.496 e. The van der Waals surface area contributed by atoms with Gasteiger partial charge in [0.1, 0.15) is 5.75 Å². The molecular formula is C23H28N4O. The van der Waals surface area contributed by atoms with Crippen LogP contribution in [-0.4, -0.2) is 52.6 Å². The van der Waals surface area contributed by atoms with Gasteiger partial charge in [-0.2, -0.15) is 0 Å². The molecule has 0 aliphatic carbocycles. The second-order valence-electron chi connectivity index (χ2n) is 7.36. The topological polar surface area (TPSA) is 33.5 Å². The number of ether oxygens (including phenoxy) is 1. The number of piperazine rings is 1. The maximum absolute atomic E-state index is 5.49. The van der Waals surface area contributed by atoms with Crippen molar-refractivity contribution in [2.24, 2.45) is 0 Å². The third kappa shape index (κ3) is 4.61. The Balaban J connectivity index is 1.31. The van der Waals surface area contributed by atoms with Crippen molar-refractivity contribution in [1.29, 1.82) is 0 Å². The van der Waals surface area contributed by atoms with Crippen LogP contribution < -0.4 is 4.74 Å². The average molecular weight is 377 g/mol. The van der Waals surface area contributed by atoms with Crippen LogP contribution in [-0.2, 0) is 19.6 Å². The van der Waals surface area contributed by atoms with Gasteiger partial charge in [-0.1, -0.05) is 48.5 Å². The lowest BCUT2D eigenvalue weighted by Crippen LogP contribution is -2.45. The second kappa shape index (κ2) is 9.04. The zero-order valence-electron chi connectivity index (χ0n) is 16.5. The van der Waals surface area contributed by atoms with Crippen LogP contribution in [0, 0.1) is 0 Å². The van der Waals surface area contributed by atoms with Crippen molar-refractivity contribution in [2.45, 2.75) is 19.6 Å². The van der Waals surface area contributed by atoms with Crippen molar-refractivity contribution in [3.05, 3.63) is 83.9 Å². The number of hydrogen-bond donors (Lipinski definition) is 0. The Kier molecular flexibility index (Phi) is 6.04. The molecule has 2 aromatic carbocycles. The van der Waals surface area contributed by atoms with E-state index in [1.54, 1.807) is 7.11 Å². The molecule has 1 aliphatic rings. The van der Waals surface area contributed by atoms with Crippen molar-refractivity contribution >= 4 is 0 Å². The minimum Gasteiger partial charge on any atom is -0.496 e. The first-order valence-electron chi connectivity index (χ1n) is 9.91. The van der Waals surface area contributed by atoms with Crippen LogP contribution in [0.3, 0.4) is 0 Å². The predicted octanol–water partition coefficient (Wildman–Crippen LogP) is 3.26. The highest BCUT2D eigenvalue weighted by molar-refractivity contribution is 5.33. The number of nitrogens with zero attached hydrogens (tertiary/aromatic N) is 4. The standard InChI is InChI=1S/C23H28N4O/c1-28-23-10-6-5-9-21(23)17-25-11-13-26(14-12-25)18-22-15-24-19-27(22)16-20-7-3-2-4-8-20/h2-10,15,19H,11-14,16-18H2,1H3. The number of hydrogen-bond acceptors (Lipinski definition) is 4. The fourth-order valence-electron chi connectivity index (χ4n) is 3.81. The van der Waals surface area contributed by atoms with Gasteiger partial charge in [0.2, 0.25) is 0 Å². The number of imidazole rings is 1. The molecule has 0 bridgehead atoms. The molecule has 0 radical (unpaired) electrons. The molecule has 0 amide bonds. The molecule has 0 atom stereocenters. The highest BCUT2D eigenvalue weighted by atomic mass is 16.5. The summed E-state index contributed by atoms with van der Waals surface area (Å²) in [5.74, 6) is 0.981. The van der Waals surface area contributed by atoms with Crippen molar-refractivity contribution in [3.8, 4) is 5.75 Å². The van der Waals surface area contributed by atoms with Gasteiger partial charge in [0.25, 0.3) is 0 Å². The highest BCUT2D eigenvalue weighted by Gasteiger charge is 2.19. The van der Waals surface area contributed by atoms with E-state index in [0.717, 1.165) is 51.6 Å². The lowest BCUT2D eigenvalue weighted by Gasteiger charge is -2.35. The van der Waals surface area contributed by atoms with Crippen molar-refractivity contribution < 1.29 is 4.74 Å². The summed E-state index contributed by atoms with van der Waals surface area (Å²) >= 11 is 0. The van der Waals surface area contributed by atoms with Gasteiger partial charge in [0, 0.05) is 57.6 Å². The van der Waals surface area contributed by atoms with E-state index in [4.69, 9.17) is 4.74 Å². The molecule has 3 aromatic rings. The van der Waals surface area contributed by atoms with E-state index in [0.29, 0.717) is 0 Å². The molecule has 1 saturated heterocycles. The van der Waals surface area contributed by atoms with Gasteiger partial charge in [0.05, 0.1) is 19.1 Å². The molecule has 1 fully saturated rings. The zero-order valence-corrected chi connectivity index (χ0v) is 16.5. The minimum absolute atomic E-state index is 0.879. The first-order valence-corrected chi connectivity index (χ1v) is 9.91. The van der Waals surface area contributed by atoms with Crippen LogP contribution >= 0.6 is 0 Å². The van der Waals surface area contributed by atoms with Gasteiger partial charge in [-0.3, -0.25) is 9.80 Å². The summed E-state index contributed by atoms with van der Waals surface area (Å²) in [5, 5.41) is 0. The Morgan fingerprint density at radius 1 is 0.821 bits per heavy atom. The average Bonchev–Trinajstić information content (AvgIpc) is 3.17. The Morgan fingerprint density at radius 3 is 2.25 bits per heavy atom. The van der Waals surface area contributed by atoms with Gasteiger partial charge in [0.15, 0.2) is 0 Å². The van der Waals surface area contributed by atoms with E-state index in [1.807, 2.05) is 24.7 Å². The molecule has 5 nitrogen and oxygen atoms in total. The fourth-order valence-corrected chi connectivity index (χ4v) is 3.81. The summed E-state index contributed by atoms with van der Waals surface area (Å²) in [6.45, 7) is 7.08. The molecule has 2 heterocycles. The van der Waals surface area contributed by atoms with Gasteiger partial charge in [-0.15, -0.1) is 0 Å². The van der Waals surface area contributed by atoms with Crippen molar-refractivity contribution in [3.63, 3.8) is 0 Å². The normalized spacial score (nSPS) is 15.6. The molecule has 0 spiro atoms. The van der Waals surface area contributed by atoms with Gasteiger partial charge >= 0.3 is 0 Å². The van der Waals surface area contributed by atoms with E-state index >= 15 is 0 Å². The van der Waals surface area contributed by atoms with Crippen LogP contribution in [0.2, 0.25) is 0 Å². The third-order valence-electron chi connectivity index (χ3n) is 5.43. The van der Waals surface area contributed by atoms with Crippen molar-refractivity contribution in [1.82, 2.24) is 19.4 Å². The summed E-state index contributed by atoms with van der Waals surface area (Å²) in [7, 11) is 1.75. The van der Waals surface area contributed by atoms with E-state index in [1.165, 1.54) is 16.8 Å². The van der Waals surface area contributed by atoms with E-state index in [-0.39, 0.29) is 0 Å². The minimum atomic E-state index is 0.879. The number of para-hydroxylation sites is 1. The Bertz CT molecular complexity index is 869.